The summed E-state index contributed by atoms with van der Waals surface area (Å²) in [6, 6.07) is 27.3. The zero-order valence-electron chi connectivity index (χ0n) is 16.2. The van der Waals surface area contributed by atoms with E-state index in [2.05, 4.69) is 0 Å². The molecule has 0 saturated carbocycles. The second-order valence-electron chi connectivity index (χ2n) is 6.58. The quantitative estimate of drug-likeness (QED) is 0.573. The van der Waals surface area contributed by atoms with Crippen molar-refractivity contribution in [3.8, 4) is 11.5 Å². The van der Waals surface area contributed by atoms with E-state index in [1.165, 1.54) is 0 Å². The SMILES string of the molecule is COc1ccccc1OC(C)C(=O)N(Cc1ccccc1)Cc1ccccc1. The predicted octanol–water partition coefficient (Wildman–Crippen LogP) is 4.69. The van der Waals surface area contributed by atoms with Crippen molar-refractivity contribution in [3.63, 3.8) is 0 Å². The maximum Gasteiger partial charge on any atom is 0.263 e. The van der Waals surface area contributed by atoms with Crippen LogP contribution in [0.1, 0.15) is 18.1 Å². The zero-order chi connectivity index (χ0) is 19.8. The number of ether oxygens (including phenoxy) is 2. The van der Waals surface area contributed by atoms with Gasteiger partial charge in [-0.15, -0.1) is 0 Å². The summed E-state index contributed by atoms with van der Waals surface area (Å²) >= 11 is 0. The summed E-state index contributed by atoms with van der Waals surface area (Å²) < 4.78 is 11.3. The van der Waals surface area contributed by atoms with E-state index < -0.39 is 6.10 Å². The van der Waals surface area contributed by atoms with Gasteiger partial charge in [0.2, 0.25) is 0 Å². The van der Waals surface area contributed by atoms with Gasteiger partial charge in [0, 0.05) is 13.1 Å². The molecule has 0 radical (unpaired) electrons. The Hall–Kier alpha value is -3.27. The van der Waals surface area contributed by atoms with Crippen molar-refractivity contribution >= 4 is 5.91 Å². The second-order valence-corrected chi connectivity index (χ2v) is 6.58. The molecule has 0 saturated heterocycles. The third-order valence-corrected chi connectivity index (χ3v) is 4.46. The van der Waals surface area contributed by atoms with Gasteiger partial charge in [0.25, 0.3) is 5.91 Å². The van der Waals surface area contributed by atoms with Crippen molar-refractivity contribution < 1.29 is 14.3 Å². The average Bonchev–Trinajstić information content (AvgIpc) is 2.74. The van der Waals surface area contributed by atoms with E-state index in [-0.39, 0.29) is 5.91 Å². The van der Waals surface area contributed by atoms with E-state index in [4.69, 9.17) is 9.47 Å². The van der Waals surface area contributed by atoms with E-state index in [9.17, 15) is 4.79 Å². The Morgan fingerprint density at radius 2 is 1.25 bits per heavy atom. The van der Waals surface area contributed by atoms with Gasteiger partial charge in [-0.1, -0.05) is 72.8 Å². The largest absolute Gasteiger partial charge is 0.493 e. The molecule has 0 spiro atoms. The molecule has 0 aromatic heterocycles. The number of hydrogen-bond donors (Lipinski definition) is 0. The molecule has 0 fully saturated rings. The molecule has 4 nitrogen and oxygen atoms in total. The lowest BCUT2D eigenvalue weighted by Crippen LogP contribution is -2.39. The number of methoxy groups -OCH3 is 1. The van der Waals surface area contributed by atoms with Crippen LogP contribution in [0.5, 0.6) is 11.5 Å². The molecular weight excluding hydrogens is 350 g/mol. The Kier molecular flexibility index (Phi) is 6.68. The van der Waals surface area contributed by atoms with Gasteiger partial charge in [0.05, 0.1) is 7.11 Å². The molecule has 0 bridgehead atoms. The first kappa shape index (κ1) is 19.5. The Bertz CT molecular complexity index is 839. The van der Waals surface area contributed by atoms with Crippen molar-refractivity contribution in [2.24, 2.45) is 0 Å². The minimum Gasteiger partial charge on any atom is -0.493 e. The molecule has 1 amide bonds. The van der Waals surface area contributed by atoms with Crippen molar-refractivity contribution in [1.82, 2.24) is 4.90 Å². The van der Waals surface area contributed by atoms with Crippen LogP contribution in [-0.4, -0.2) is 24.0 Å². The zero-order valence-corrected chi connectivity index (χ0v) is 16.2. The Balaban J connectivity index is 1.78. The van der Waals surface area contributed by atoms with Crippen molar-refractivity contribution in [2.75, 3.05) is 7.11 Å². The highest BCUT2D eigenvalue weighted by Gasteiger charge is 2.23. The monoisotopic (exact) mass is 375 g/mol. The third-order valence-electron chi connectivity index (χ3n) is 4.46. The number of nitrogens with zero attached hydrogens (tertiary/aromatic N) is 1. The minimum atomic E-state index is -0.635. The first-order chi connectivity index (χ1) is 13.7. The van der Waals surface area contributed by atoms with Gasteiger partial charge < -0.3 is 14.4 Å². The van der Waals surface area contributed by atoms with E-state index in [1.807, 2.05) is 83.8 Å². The highest BCUT2D eigenvalue weighted by molar-refractivity contribution is 5.81. The topological polar surface area (TPSA) is 38.8 Å². The summed E-state index contributed by atoms with van der Waals surface area (Å²) in [7, 11) is 1.59. The molecule has 3 aromatic rings. The molecule has 3 aromatic carbocycles. The standard InChI is InChI=1S/C24H25NO3/c1-19(28-23-16-10-9-15-22(23)27-2)24(26)25(17-20-11-5-3-6-12-20)18-21-13-7-4-8-14-21/h3-16,19H,17-18H2,1-2H3. The number of para-hydroxylation sites is 2. The van der Waals surface area contributed by atoms with Crippen LogP contribution < -0.4 is 9.47 Å². The molecule has 0 N–H and O–H groups in total. The van der Waals surface area contributed by atoms with Gasteiger partial charge in [-0.05, 0) is 30.2 Å². The maximum atomic E-state index is 13.2. The number of rotatable bonds is 8. The van der Waals surface area contributed by atoms with Crippen LogP contribution in [0.2, 0.25) is 0 Å². The van der Waals surface area contributed by atoms with Crippen molar-refractivity contribution in [2.45, 2.75) is 26.1 Å². The summed E-state index contributed by atoms with van der Waals surface area (Å²) in [6.07, 6.45) is -0.635. The molecular formula is C24H25NO3. The summed E-state index contributed by atoms with van der Waals surface area (Å²) in [5.41, 5.74) is 2.16. The van der Waals surface area contributed by atoms with Crippen LogP contribution >= 0.6 is 0 Å². The van der Waals surface area contributed by atoms with E-state index >= 15 is 0 Å². The lowest BCUT2D eigenvalue weighted by molar-refractivity contribution is -0.139. The van der Waals surface area contributed by atoms with Gasteiger partial charge in [-0.2, -0.15) is 0 Å². The van der Waals surface area contributed by atoms with Crippen LogP contribution in [0.25, 0.3) is 0 Å². The number of benzene rings is 3. The average molecular weight is 375 g/mol. The van der Waals surface area contributed by atoms with E-state index in [0.29, 0.717) is 24.6 Å². The summed E-state index contributed by atoms with van der Waals surface area (Å²) in [6.45, 7) is 2.82. The molecule has 4 heteroatoms. The molecule has 0 aliphatic carbocycles. The van der Waals surface area contributed by atoms with E-state index in [0.717, 1.165) is 11.1 Å². The van der Waals surface area contributed by atoms with Gasteiger partial charge in [0.1, 0.15) is 0 Å². The van der Waals surface area contributed by atoms with E-state index in [1.54, 1.807) is 20.1 Å². The highest BCUT2D eigenvalue weighted by atomic mass is 16.5. The van der Waals surface area contributed by atoms with Gasteiger partial charge in [-0.3, -0.25) is 4.79 Å². The maximum absolute atomic E-state index is 13.2. The molecule has 1 atom stereocenters. The Morgan fingerprint density at radius 3 is 1.75 bits per heavy atom. The van der Waals surface area contributed by atoms with Crippen LogP contribution in [0.4, 0.5) is 0 Å². The highest BCUT2D eigenvalue weighted by Crippen LogP contribution is 2.27. The number of amides is 1. The second kappa shape index (κ2) is 9.60. The molecule has 0 aliphatic rings. The predicted molar refractivity (Wildman–Crippen MR) is 110 cm³/mol. The number of hydrogen-bond acceptors (Lipinski definition) is 3. The van der Waals surface area contributed by atoms with Crippen molar-refractivity contribution in [3.05, 3.63) is 96.1 Å². The summed E-state index contributed by atoms with van der Waals surface area (Å²) in [4.78, 5) is 15.0. The smallest absolute Gasteiger partial charge is 0.263 e. The minimum absolute atomic E-state index is 0.0707. The first-order valence-corrected chi connectivity index (χ1v) is 9.33. The fraction of sp³-hybridized carbons (Fsp3) is 0.208. The van der Waals surface area contributed by atoms with Gasteiger partial charge in [0.15, 0.2) is 17.6 Å². The lowest BCUT2D eigenvalue weighted by Gasteiger charge is -2.27. The lowest BCUT2D eigenvalue weighted by atomic mass is 10.1. The number of carbonyl (C=O) groups excluding carboxylic acids is 1. The fourth-order valence-electron chi connectivity index (χ4n) is 3.03. The fourth-order valence-corrected chi connectivity index (χ4v) is 3.03. The molecule has 0 heterocycles. The molecule has 1 unspecified atom stereocenters. The molecule has 0 aliphatic heterocycles. The first-order valence-electron chi connectivity index (χ1n) is 9.33. The van der Waals surface area contributed by atoms with Crippen LogP contribution in [-0.2, 0) is 17.9 Å². The Morgan fingerprint density at radius 1 is 0.786 bits per heavy atom. The molecule has 144 valence electrons. The van der Waals surface area contributed by atoms with Crippen LogP contribution in [0.3, 0.4) is 0 Å². The Labute approximate surface area is 166 Å². The molecule has 28 heavy (non-hydrogen) atoms. The molecule has 3 rings (SSSR count). The summed E-state index contributed by atoms with van der Waals surface area (Å²) in [5, 5.41) is 0. The summed E-state index contributed by atoms with van der Waals surface area (Å²) in [5.74, 6) is 1.10. The van der Waals surface area contributed by atoms with Gasteiger partial charge in [-0.25, -0.2) is 0 Å². The third kappa shape index (κ3) is 5.13. The van der Waals surface area contributed by atoms with Crippen molar-refractivity contribution in [1.29, 1.82) is 0 Å². The van der Waals surface area contributed by atoms with Gasteiger partial charge >= 0.3 is 0 Å². The normalized spacial score (nSPS) is 11.5. The van der Waals surface area contributed by atoms with Crippen LogP contribution in [0.15, 0.2) is 84.9 Å². The number of carbonyl (C=O) groups is 1. The van der Waals surface area contributed by atoms with Crippen LogP contribution in [0, 0.1) is 0 Å².